The standard InChI is InChI=1S/C10H7IN2S/c11-8-9(13)6(1-3-12)5-7-2-4-14-10(7)8/h2,4-5H,1,13H2. The fraction of sp³-hybridized carbons (Fsp3) is 0.100. The van der Waals surface area contributed by atoms with Crippen LogP contribution in [0, 0.1) is 14.9 Å². The Morgan fingerprint density at radius 1 is 1.57 bits per heavy atom. The molecule has 1 heterocycles. The fourth-order valence-electron chi connectivity index (χ4n) is 1.37. The van der Waals surface area contributed by atoms with Gasteiger partial charge in [0.05, 0.1) is 21.7 Å². The number of nitrogens with zero attached hydrogens (tertiary/aromatic N) is 1. The second kappa shape index (κ2) is 3.75. The van der Waals surface area contributed by atoms with Gasteiger partial charge in [0, 0.05) is 4.70 Å². The van der Waals surface area contributed by atoms with Crippen LogP contribution in [-0.2, 0) is 6.42 Å². The Balaban J connectivity index is 2.75. The Morgan fingerprint density at radius 3 is 3.07 bits per heavy atom. The summed E-state index contributed by atoms with van der Waals surface area (Å²) in [5.41, 5.74) is 7.63. The molecule has 2 rings (SSSR count). The van der Waals surface area contributed by atoms with Crippen LogP contribution >= 0.6 is 33.9 Å². The second-order valence-corrected chi connectivity index (χ2v) is 4.93. The van der Waals surface area contributed by atoms with Gasteiger partial charge in [-0.15, -0.1) is 11.3 Å². The van der Waals surface area contributed by atoms with Crippen molar-refractivity contribution < 1.29 is 0 Å². The number of anilines is 1. The molecule has 70 valence electrons. The number of halogens is 1. The van der Waals surface area contributed by atoms with E-state index >= 15 is 0 Å². The van der Waals surface area contributed by atoms with Crippen LogP contribution in [0.4, 0.5) is 5.69 Å². The van der Waals surface area contributed by atoms with Crippen molar-refractivity contribution >= 4 is 49.7 Å². The molecule has 0 radical (unpaired) electrons. The van der Waals surface area contributed by atoms with Gasteiger partial charge in [-0.25, -0.2) is 0 Å². The summed E-state index contributed by atoms with van der Waals surface area (Å²) in [5, 5.41) is 11.9. The first-order valence-corrected chi connectivity index (χ1v) is 6.01. The summed E-state index contributed by atoms with van der Waals surface area (Å²) in [6.07, 6.45) is 0.383. The predicted octanol–water partition coefficient (Wildman–Crippen LogP) is 3.15. The van der Waals surface area contributed by atoms with Gasteiger partial charge in [-0.05, 0) is 51.1 Å². The average Bonchev–Trinajstić information content (AvgIpc) is 2.62. The fourth-order valence-corrected chi connectivity index (χ4v) is 3.24. The van der Waals surface area contributed by atoms with Crippen molar-refractivity contribution in [1.29, 1.82) is 5.26 Å². The second-order valence-electron chi connectivity index (χ2n) is 2.94. The molecule has 0 atom stereocenters. The third-order valence-electron chi connectivity index (χ3n) is 2.08. The Labute approximate surface area is 99.5 Å². The largest absolute Gasteiger partial charge is 0.398 e. The summed E-state index contributed by atoms with van der Waals surface area (Å²) in [5.74, 6) is 0. The number of rotatable bonds is 1. The van der Waals surface area contributed by atoms with Crippen LogP contribution in [0.25, 0.3) is 10.1 Å². The van der Waals surface area contributed by atoms with Crippen molar-refractivity contribution in [3.63, 3.8) is 0 Å². The summed E-state index contributed by atoms with van der Waals surface area (Å²) in [6, 6.07) is 6.19. The van der Waals surface area contributed by atoms with Crippen molar-refractivity contribution in [2.24, 2.45) is 0 Å². The van der Waals surface area contributed by atoms with Crippen LogP contribution in [-0.4, -0.2) is 0 Å². The molecule has 2 nitrogen and oxygen atoms in total. The van der Waals surface area contributed by atoms with Gasteiger partial charge in [-0.3, -0.25) is 0 Å². The molecule has 0 amide bonds. The van der Waals surface area contributed by atoms with Gasteiger partial charge in [-0.1, -0.05) is 0 Å². The Bertz CT molecular complexity index is 525. The van der Waals surface area contributed by atoms with E-state index in [1.807, 2.05) is 11.4 Å². The third kappa shape index (κ3) is 1.47. The van der Waals surface area contributed by atoms with Gasteiger partial charge in [-0.2, -0.15) is 5.26 Å². The minimum atomic E-state index is 0.383. The third-order valence-corrected chi connectivity index (χ3v) is 4.51. The maximum absolute atomic E-state index is 8.65. The number of nitriles is 1. The summed E-state index contributed by atoms with van der Waals surface area (Å²) < 4.78 is 2.28. The number of nitrogens with two attached hydrogens (primary N) is 1. The lowest BCUT2D eigenvalue weighted by atomic mass is 10.1. The molecule has 0 fully saturated rings. The smallest absolute Gasteiger partial charge is 0.0670 e. The molecule has 0 aliphatic rings. The van der Waals surface area contributed by atoms with Gasteiger partial charge in [0.2, 0.25) is 0 Å². The number of hydrogen-bond donors (Lipinski definition) is 1. The Hall–Kier alpha value is -0.800. The molecule has 0 aliphatic carbocycles. The van der Waals surface area contributed by atoms with Gasteiger partial charge >= 0.3 is 0 Å². The van der Waals surface area contributed by atoms with E-state index in [0.717, 1.165) is 14.8 Å². The number of hydrogen-bond acceptors (Lipinski definition) is 3. The molecule has 2 N–H and O–H groups in total. The zero-order valence-electron chi connectivity index (χ0n) is 7.25. The quantitative estimate of drug-likeness (QED) is 0.649. The minimum Gasteiger partial charge on any atom is -0.398 e. The van der Waals surface area contributed by atoms with E-state index < -0.39 is 0 Å². The lowest BCUT2D eigenvalue weighted by Gasteiger charge is -2.05. The van der Waals surface area contributed by atoms with Crippen LogP contribution in [0.3, 0.4) is 0 Å². The van der Waals surface area contributed by atoms with E-state index in [9.17, 15) is 0 Å². The molecule has 14 heavy (non-hydrogen) atoms. The maximum Gasteiger partial charge on any atom is 0.0670 e. The molecule has 0 spiro atoms. The van der Waals surface area contributed by atoms with Crippen LogP contribution in [0.1, 0.15) is 5.56 Å². The Kier molecular flexibility index (Phi) is 2.61. The average molecular weight is 314 g/mol. The summed E-state index contributed by atoms with van der Waals surface area (Å²) in [7, 11) is 0. The number of thiophene rings is 1. The molecule has 0 bridgehead atoms. The monoisotopic (exact) mass is 314 g/mol. The van der Waals surface area contributed by atoms with Crippen LogP contribution in [0.2, 0.25) is 0 Å². The normalized spacial score (nSPS) is 10.3. The first-order chi connectivity index (χ1) is 6.74. The van der Waals surface area contributed by atoms with Crippen LogP contribution < -0.4 is 5.73 Å². The first-order valence-electron chi connectivity index (χ1n) is 4.05. The number of fused-ring (bicyclic) bond motifs is 1. The molecule has 0 saturated carbocycles. The molecular formula is C10H7IN2S. The molecular weight excluding hydrogens is 307 g/mol. The van der Waals surface area contributed by atoms with E-state index in [1.165, 1.54) is 10.1 Å². The van der Waals surface area contributed by atoms with Gasteiger partial charge in [0.15, 0.2) is 0 Å². The summed E-state index contributed by atoms with van der Waals surface area (Å²) >= 11 is 3.93. The molecule has 1 aromatic heterocycles. The van der Waals surface area contributed by atoms with Crippen LogP contribution in [0.15, 0.2) is 17.5 Å². The summed E-state index contributed by atoms with van der Waals surface area (Å²) in [6.45, 7) is 0. The van der Waals surface area contributed by atoms with Crippen molar-refractivity contribution in [2.45, 2.75) is 6.42 Å². The van der Waals surface area contributed by atoms with E-state index in [-0.39, 0.29) is 0 Å². The lowest BCUT2D eigenvalue weighted by Crippen LogP contribution is -1.96. The van der Waals surface area contributed by atoms with Crippen molar-refractivity contribution in [1.82, 2.24) is 0 Å². The zero-order valence-corrected chi connectivity index (χ0v) is 10.2. The number of nitrogen functional groups attached to an aromatic ring is 1. The first kappa shape index (κ1) is 9.74. The maximum atomic E-state index is 8.65. The van der Waals surface area contributed by atoms with E-state index in [0.29, 0.717) is 6.42 Å². The van der Waals surface area contributed by atoms with E-state index in [2.05, 4.69) is 34.7 Å². The SMILES string of the molecule is N#CCc1cc2ccsc2c(I)c1N. The molecule has 4 heteroatoms. The highest BCUT2D eigenvalue weighted by molar-refractivity contribution is 14.1. The van der Waals surface area contributed by atoms with Crippen molar-refractivity contribution in [3.05, 3.63) is 26.6 Å². The zero-order chi connectivity index (χ0) is 10.1. The highest BCUT2D eigenvalue weighted by atomic mass is 127. The molecule has 2 aromatic rings. The lowest BCUT2D eigenvalue weighted by molar-refractivity contribution is 1.27. The van der Waals surface area contributed by atoms with Gasteiger partial charge in [0.25, 0.3) is 0 Å². The Morgan fingerprint density at radius 2 is 2.36 bits per heavy atom. The minimum absolute atomic E-state index is 0.383. The van der Waals surface area contributed by atoms with Crippen molar-refractivity contribution in [3.8, 4) is 6.07 Å². The molecule has 0 aliphatic heterocycles. The van der Waals surface area contributed by atoms with Crippen molar-refractivity contribution in [2.75, 3.05) is 5.73 Å². The number of benzene rings is 1. The van der Waals surface area contributed by atoms with Crippen LogP contribution in [0.5, 0.6) is 0 Å². The van der Waals surface area contributed by atoms with Gasteiger partial charge < -0.3 is 5.73 Å². The highest BCUT2D eigenvalue weighted by Crippen LogP contribution is 2.33. The summed E-state index contributed by atoms with van der Waals surface area (Å²) in [4.78, 5) is 0. The molecule has 1 aromatic carbocycles. The van der Waals surface area contributed by atoms with E-state index in [4.69, 9.17) is 11.0 Å². The highest BCUT2D eigenvalue weighted by Gasteiger charge is 2.09. The topological polar surface area (TPSA) is 49.8 Å². The molecule has 0 saturated heterocycles. The van der Waals surface area contributed by atoms with E-state index in [1.54, 1.807) is 11.3 Å². The van der Waals surface area contributed by atoms with Gasteiger partial charge in [0.1, 0.15) is 0 Å². The predicted molar refractivity (Wildman–Crippen MR) is 68.3 cm³/mol. The molecule has 0 unspecified atom stereocenters.